The van der Waals surface area contributed by atoms with Crippen LogP contribution in [0.2, 0.25) is 0 Å². The van der Waals surface area contributed by atoms with Crippen LogP contribution in [0.5, 0.6) is 5.75 Å². The summed E-state index contributed by atoms with van der Waals surface area (Å²) in [6.45, 7) is 0. The molecular formula is C18H14F3NO3S. The molecule has 0 aromatic heterocycles. The van der Waals surface area contributed by atoms with Crippen LogP contribution in [0.4, 0.5) is 18.9 Å². The average molecular weight is 381 g/mol. The number of ether oxygens (including phenoxy) is 1. The van der Waals surface area contributed by atoms with Crippen molar-refractivity contribution in [3.63, 3.8) is 0 Å². The van der Waals surface area contributed by atoms with Crippen molar-refractivity contribution in [2.75, 3.05) is 11.8 Å². The third-order valence-electron chi connectivity index (χ3n) is 3.80. The summed E-state index contributed by atoms with van der Waals surface area (Å²) < 4.78 is 71.4. The van der Waals surface area contributed by atoms with Crippen molar-refractivity contribution >= 4 is 26.5 Å². The van der Waals surface area contributed by atoms with Crippen molar-refractivity contribution in [2.45, 2.75) is 11.1 Å². The van der Waals surface area contributed by atoms with E-state index in [1.807, 2.05) is 0 Å². The van der Waals surface area contributed by atoms with Gasteiger partial charge in [0.05, 0.1) is 17.6 Å². The highest BCUT2D eigenvalue weighted by atomic mass is 32.2. The van der Waals surface area contributed by atoms with Crippen molar-refractivity contribution in [2.24, 2.45) is 0 Å². The molecule has 0 amide bonds. The summed E-state index contributed by atoms with van der Waals surface area (Å²) in [5.74, 6) is 0.499. The Morgan fingerprint density at radius 1 is 0.923 bits per heavy atom. The first-order valence-electron chi connectivity index (χ1n) is 7.48. The molecule has 0 radical (unpaired) electrons. The minimum absolute atomic E-state index is 0.0497. The Labute approximate surface area is 148 Å². The summed E-state index contributed by atoms with van der Waals surface area (Å²) >= 11 is 0. The number of alkyl halides is 3. The van der Waals surface area contributed by atoms with E-state index in [0.717, 1.165) is 18.2 Å². The van der Waals surface area contributed by atoms with E-state index in [4.69, 9.17) is 4.74 Å². The summed E-state index contributed by atoms with van der Waals surface area (Å²) in [5.41, 5.74) is -1.10. The number of fused-ring (bicyclic) bond motifs is 1. The lowest BCUT2D eigenvalue weighted by molar-refractivity contribution is -0.137. The van der Waals surface area contributed by atoms with Gasteiger partial charge in [0, 0.05) is 16.5 Å². The molecule has 0 atom stereocenters. The minimum Gasteiger partial charge on any atom is -0.496 e. The molecule has 0 saturated heterocycles. The fraction of sp³-hybridized carbons (Fsp3) is 0.111. The first-order chi connectivity index (χ1) is 12.2. The van der Waals surface area contributed by atoms with Gasteiger partial charge in [-0.05, 0) is 30.3 Å². The van der Waals surface area contributed by atoms with Gasteiger partial charge in [-0.2, -0.15) is 13.2 Å². The quantitative estimate of drug-likeness (QED) is 0.715. The second kappa shape index (κ2) is 6.53. The Balaban J connectivity index is 2.06. The Morgan fingerprint density at radius 2 is 1.62 bits per heavy atom. The van der Waals surface area contributed by atoms with Gasteiger partial charge in [-0.1, -0.05) is 30.3 Å². The van der Waals surface area contributed by atoms with Crippen molar-refractivity contribution < 1.29 is 26.3 Å². The van der Waals surface area contributed by atoms with E-state index in [0.29, 0.717) is 16.5 Å². The van der Waals surface area contributed by atoms with Gasteiger partial charge in [-0.3, -0.25) is 4.72 Å². The molecule has 136 valence electrons. The van der Waals surface area contributed by atoms with Crippen LogP contribution in [-0.4, -0.2) is 15.5 Å². The molecule has 8 heteroatoms. The topological polar surface area (TPSA) is 55.4 Å². The molecule has 3 rings (SSSR count). The fourth-order valence-corrected chi connectivity index (χ4v) is 3.89. The monoisotopic (exact) mass is 381 g/mol. The standard InChI is InChI=1S/C18H14F3NO3S/c1-25-16-9-10-17(15-8-3-2-7-14(15)16)26(23,24)22-13-6-4-5-12(11-13)18(19,20)21/h2-11,22H,1H3. The number of methoxy groups -OCH3 is 1. The van der Waals surface area contributed by atoms with Gasteiger partial charge < -0.3 is 4.74 Å². The van der Waals surface area contributed by atoms with Gasteiger partial charge in [-0.25, -0.2) is 8.42 Å². The molecule has 3 aromatic carbocycles. The Hall–Kier alpha value is -2.74. The van der Waals surface area contributed by atoms with E-state index in [1.54, 1.807) is 24.3 Å². The molecule has 1 N–H and O–H groups in total. The van der Waals surface area contributed by atoms with Crippen LogP contribution < -0.4 is 9.46 Å². The third kappa shape index (κ3) is 3.45. The second-order valence-corrected chi connectivity index (χ2v) is 7.15. The molecule has 0 heterocycles. The molecule has 4 nitrogen and oxygen atoms in total. The minimum atomic E-state index is -4.56. The van der Waals surface area contributed by atoms with Crippen LogP contribution in [-0.2, 0) is 16.2 Å². The molecule has 0 bridgehead atoms. The van der Waals surface area contributed by atoms with E-state index >= 15 is 0 Å². The number of nitrogens with one attached hydrogen (secondary N) is 1. The van der Waals surface area contributed by atoms with Gasteiger partial charge in [0.1, 0.15) is 5.75 Å². The smallest absolute Gasteiger partial charge is 0.416 e. The molecule has 3 aromatic rings. The maximum absolute atomic E-state index is 12.8. The van der Waals surface area contributed by atoms with Crippen LogP contribution in [0.25, 0.3) is 10.8 Å². The fourth-order valence-electron chi connectivity index (χ4n) is 2.63. The average Bonchev–Trinajstić information content (AvgIpc) is 2.59. The first-order valence-corrected chi connectivity index (χ1v) is 8.96. The van der Waals surface area contributed by atoms with Crippen molar-refractivity contribution in [3.05, 3.63) is 66.2 Å². The van der Waals surface area contributed by atoms with Crippen LogP contribution in [0.1, 0.15) is 5.56 Å². The van der Waals surface area contributed by atoms with E-state index in [2.05, 4.69) is 4.72 Å². The van der Waals surface area contributed by atoms with E-state index in [1.165, 1.54) is 25.3 Å². The zero-order valence-corrected chi connectivity index (χ0v) is 14.4. The molecule has 0 spiro atoms. The molecule has 0 saturated carbocycles. The highest BCUT2D eigenvalue weighted by Gasteiger charge is 2.31. The number of benzene rings is 3. The number of hydrogen-bond acceptors (Lipinski definition) is 3. The predicted octanol–water partition coefficient (Wildman–Crippen LogP) is 4.67. The van der Waals surface area contributed by atoms with Crippen molar-refractivity contribution in [1.29, 1.82) is 0 Å². The van der Waals surface area contributed by atoms with Gasteiger partial charge in [-0.15, -0.1) is 0 Å². The summed E-state index contributed by atoms with van der Waals surface area (Å²) in [6, 6.07) is 13.6. The summed E-state index contributed by atoms with van der Waals surface area (Å²) in [6.07, 6.45) is -4.56. The summed E-state index contributed by atoms with van der Waals surface area (Å²) in [7, 11) is -2.63. The molecule has 0 aliphatic heterocycles. The Bertz CT molecular complexity index is 1060. The van der Waals surface area contributed by atoms with Gasteiger partial charge in [0.2, 0.25) is 0 Å². The maximum Gasteiger partial charge on any atom is 0.416 e. The van der Waals surface area contributed by atoms with Crippen LogP contribution in [0.15, 0.2) is 65.6 Å². The zero-order valence-electron chi connectivity index (χ0n) is 13.5. The second-order valence-electron chi connectivity index (χ2n) is 5.50. The lowest BCUT2D eigenvalue weighted by Gasteiger charge is -2.14. The van der Waals surface area contributed by atoms with Gasteiger partial charge in [0.25, 0.3) is 10.0 Å². The molecule has 0 unspecified atom stereocenters. The largest absolute Gasteiger partial charge is 0.496 e. The summed E-state index contributed by atoms with van der Waals surface area (Å²) in [4.78, 5) is -0.0497. The molecule has 0 aliphatic carbocycles. The van der Waals surface area contributed by atoms with Crippen LogP contribution >= 0.6 is 0 Å². The lowest BCUT2D eigenvalue weighted by Crippen LogP contribution is -2.14. The summed E-state index contributed by atoms with van der Waals surface area (Å²) in [5, 5.41) is 0.994. The molecule has 26 heavy (non-hydrogen) atoms. The normalized spacial score (nSPS) is 12.2. The van der Waals surface area contributed by atoms with Crippen molar-refractivity contribution in [3.8, 4) is 5.75 Å². The molecule has 0 fully saturated rings. The first kappa shape index (κ1) is 18.1. The predicted molar refractivity (Wildman–Crippen MR) is 92.8 cm³/mol. The van der Waals surface area contributed by atoms with E-state index in [-0.39, 0.29) is 10.6 Å². The molecular weight excluding hydrogens is 367 g/mol. The third-order valence-corrected chi connectivity index (χ3v) is 5.24. The lowest BCUT2D eigenvalue weighted by atomic mass is 10.1. The van der Waals surface area contributed by atoms with Gasteiger partial charge >= 0.3 is 6.18 Å². The molecule has 0 aliphatic rings. The highest BCUT2D eigenvalue weighted by molar-refractivity contribution is 7.93. The van der Waals surface area contributed by atoms with Crippen LogP contribution in [0, 0.1) is 0 Å². The van der Waals surface area contributed by atoms with Crippen molar-refractivity contribution in [1.82, 2.24) is 0 Å². The maximum atomic E-state index is 12.8. The number of rotatable bonds is 4. The SMILES string of the molecule is COc1ccc(S(=O)(=O)Nc2cccc(C(F)(F)F)c2)c2ccccc12. The number of anilines is 1. The highest BCUT2D eigenvalue weighted by Crippen LogP contribution is 2.33. The number of sulfonamides is 1. The van der Waals surface area contributed by atoms with Crippen LogP contribution in [0.3, 0.4) is 0 Å². The number of halogens is 3. The Kier molecular flexibility index (Phi) is 4.53. The number of hydrogen-bond donors (Lipinski definition) is 1. The Morgan fingerprint density at radius 3 is 2.27 bits per heavy atom. The zero-order chi connectivity index (χ0) is 18.9. The van der Waals surface area contributed by atoms with E-state index < -0.39 is 21.8 Å². The van der Waals surface area contributed by atoms with E-state index in [9.17, 15) is 21.6 Å². The van der Waals surface area contributed by atoms with Gasteiger partial charge in [0.15, 0.2) is 0 Å².